The number of likely N-dealkylation sites (N-methyl/N-ethyl adjacent to an activating group) is 1. The number of esters is 1. The van der Waals surface area contributed by atoms with Crippen molar-refractivity contribution in [1.29, 1.82) is 0 Å². The number of Topliss-reactive ketones (excluding diaryl/α,β-unsaturated/α-hetero) is 1. The fraction of sp³-hybridized carbons (Fsp3) is 0.812. The van der Waals surface area contributed by atoms with E-state index in [4.69, 9.17) is 37.9 Å². The Kier molecular flexibility index (Phi) is 16.4. The molecule has 6 aliphatic rings. The standard InChI is InChI=1S/C48H76NO12/c1-11-12-14-33-15-13-16-42(61-44-20-19-41(31(7)57-44)49(8,9)26-55-48(53)56-27(2)3)29(5)45(52)39-23-37-35(38(39)24-43(51)59-33)18-17-32-21-34(22-36(32)37)60-47-40(25-50)46(54-10)28(4)30(6)58-47/h12,14,17-18,23,27-38,40-42,44,46-47,50H,11,13,15-16,19-22,24-26H2,1-10H3/q+1/b14-12+/t28?,29-,30?,31?,32-,33+,34-,35-,36-,37-,38?,40?,41?,42+,44?,46?,47?/m1/s1. The summed E-state index contributed by atoms with van der Waals surface area (Å²) in [5, 5.41) is 10.4. The molecular weight excluding hydrogens is 783 g/mol. The van der Waals surface area contributed by atoms with Gasteiger partial charge in [0.1, 0.15) is 18.2 Å². The number of methoxy groups -OCH3 is 1. The number of cyclic esters (lactones) is 1. The number of hydrogen-bond donors (Lipinski definition) is 1. The smallest absolute Gasteiger partial charge is 0.458 e. The summed E-state index contributed by atoms with van der Waals surface area (Å²) in [7, 11) is 5.72. The van der Waals surface area contributed by atoms with E-state index in [1.54, 1.807) is 21.0 Å². The lowest BCUT2D eigenvalue weighted by Gasteiger charge is -2.44. The first-order valence-corrected chi connectivity index (χ1v) is 23.3. The molecule has 3 saturated heterocycles. The first kappa shape index (κ1) is 47.8. The largest absolute Gasteiger partial charge is 0.512 e. The van der Waals surface area contributed by atoms with Gasteiger partial charge in [-0.25, -0.2) is 4.79 Å². The van der Waals surface area contributed by atoms with Gasteiger partial charge >= 0.3 is 12.1 Å². The van der Waals surface area contributed by atoms with Crippen molar-refractivity contribution in [1.82, 2.24) is 0 Å². The number of nitrogens with zero attached hydrogens (tertiary/aromatic N) is 1. The number of aliphatic hydroxyl groups excluding tert-OH is 1. The van der Waals surface area contributed by atoms with E-state index in [-0.39, 0.29) is 116 Å². The highest BCUT2D eigenvalue weighted by Gasteiger charge is 2.52. The van der Waals surface area contributed by atoms with Crippen LogP contribution in [0.4, 0.5) is 4.79 Å². The Morgan fingerprint density at radius 2 is 1.75 bits per heavy atom. The predicted octanol–water partition coefficient (Wildman–Crippen LogP) is 7.29. The van der Waals surface area contributed by atoms with Crippen LogP contribution in [0.25, 0.3) is 0 Å². The third kappa shape index (κ3) is 11.2. The van der Waals surface area contributed by atoms with E-state index in [1.165, 1.54) is 0 Å². The van der Waals surface area contributed by atoms with Gasteiger partial charge in [0.2, 0.25) is 6.73 Å². The number of ether oxygens (including phenoxy) is 8. The molecule has 0 aromatic rings. The SMILES string of the molecule is CC/C=C/[C@H]1CCC[C@H](OC2CCC([N+](C)(C)COC(=O)OC(C)C)C(C)O2)[C@@H](C)C(=O)C2=C[C@H]3[C@@H]4C[C@H](OC5OC(C)C(C)C(OC)C5CO)C[C@H]4C=C[C@H]3C2CC(=O)O1. The average Bonchev–Trinajstić information content (AvgIpc) is 3.79. The van der Waals surface area contributed by atoms with Gasteiger partial charge in [-0.2, -0.15) is 0 Å². The molecule has 0 aromatic carbocycles. The van der Waals surface area contributed by atoms with Gasteiger partial charge in [0.15, 0.2) is 18.4 Å². The molecule has 17 atom stereocenters. The van der Waals surface area contributed by atoms with Crippen LogP contribution in [-0.4, -0.2) is 123 Å². The van der Waals surface area contributed by atoms with Gasteiger partial charge in [-0.1, -0.05) is 45.1 Å². The van der Waals surface area contributed by atoms with Crippen LogP contribution in [0.2, 0.25) is 0 Å². The number of carbonyl (C=O) groups excluding carboxylic acids is 3. The fourth-order valence-corrected chi connectivity index (χ4v) is 11.3. The van der Waals surface area contributed by atoms with Gasteiger partial charge in [-0.15, -0.1) is 0 Å². The van der Waals surface area contributed by atoms with E-state index in [1.807, 2.05) is 47.0 Å². The topological polar surface area (TPSA) is 145 Å². The lowest BCUT2D eigenvalue weighted by atomic mass is 9.70. The number of carbonyl (C=O) groups is 3. The van der Waals surface area contributed by atoms with Crippen LogP contribution in [0.3, 0.4) is 0 Å². The molecule has 3 aliphatic heterocycles. The zero-order valence-corrected chi connectivity index (χ0v) is 38.4. The highest BCUT2D eigenvalue weighted by atomic mass is 16.7. The van der Waals surface area contributed by atoms with E-state index in [0.717, 1.165) is 25.7 Å². The number of hydrogen-bond acceptors (Lipinski definition) is 12. The summed E-state index contributed by atoms with van der Waals surface area (Å²) >= 11 is 0. The molecule has 9 unspecified atom stereocenters. The molecule has 1 saturated carbocycles. The average molecular weight is 859 g/mol. The summed E-state index contributed by atoms with van der Waals surface area (Å²) < 4.78 is 49.5. The lowest BCUT2D eigenvalue weighted by molar-refractivity contribution is -0.936. The Balaban J connectivity index is 1.18. The molecule has 4 fully saturated rings. The first-order chi connectivity index (χ1) is 29.0. The maximum Gasteiger partial charge on any atom is 0.512 e. The fourth-order valence-electron chi connectivity index (χ4n) is 11.3. The highest BCUT2D eigenvalue weighted by molar-refractivity contribution is 5.99. The maximum atomic E-state index is 14.9. The van der Waals surface area contributed by atoms with Gasteiger partial charge in [-0.3, -0.25) is 14.1 Å². The summed E-state index contributed by atoms with van der Waals surface area (Å²) in [5.74, 6) is -0.660. The quantitative estimate of drug-likeness (QED) is 0.0911. The second kappa shape index (κ2) is 20.9. The van der Waals surface area contributed by atoms with Gasteiger partial charge in [0, 0.05) is 37.7 Å². The van der Waals surface area contributed by atoms with E-state index < -0.39 is 30.8 Å². The number of ketones is 1. The Labute approximate surface area is 364 Å². The van der Waals surface area contributed by atoms with Gasteiger partial charge in [0.25, 0.3) is 0 Å². The zero-order valence-electron chi connectivity index (χ0n) is 38.4. The zero-order chi connectivity index (χ0) is 44.2. The summed E-state index contributed by atoms with van der Waals surface area (Å²) in [6.07, 6.45) is 13.4. The van der Waals surface area contributed by atoms with Crippen molar-refractivity contribution in [3.63, 3.8) is 0 Å². The number of allylic oxidation sites excluding steroid dienone is 5. The molecule has 6 rings (SSSR count). The van der Waals surface area contributed by atoms with E-state index in [0.29, 0.717) is 35.7 Å². The van der Waals surface area contributed by atoms with Crippen molar-refractivity contribution in [2.75, 3.05) is 34.5 Å². The number of fused-ring (bicyclic) bond motifs is 5. The second-order valence-corrected chi connectivity index (χ2v) is 19.7. The molecule has 13 nitrogen and oxygen atoms in total. The summed E-state index contributed by atoms with van der Waals surface area (Å²) in [6.45, 7) is 13.8. The number of quaternary nitrogens is 1. The molecule has 61 heavy (non-hydrogen) atoms. The Morgan fingerprint density at radius 1 is 0.984 bits per heavy atom. The molecule has 3 heterocycles. The van der Waals surface area contributed by atoms with Crippen LogP contribution in [0, 0.1) is 47.3 Å². The third-order valence-corrected chi connectivity index (χ3v) is 14.7. The van der Waals surface area contributed by atoms with Crippen molar-refractivity contribution in [2.45, 2.75) is 168 Å². The van der Waals surface area contributed by atoms with E-state index in [9.17, 15) is 19.5 Å². The summed E-state index contributed by atoms with van der Waals surface area (Å²) in [5.41, 5.74) is 0.707. The monoisotopic (exact) mass is 859 g/mol. The molecule has 13 heteroatoms. The second-order valence-electron chi connectivity index (χ2n) is 19.7. The molecule has 0 bridgehead atoms. The summed E-state index contributed by atoms with van der Waals surface area (Å²) in [6, 6.07) is 0.0499. The normalized spacial score (nSPS) is 41.0. The van der Waals surface area contributed by atoms with Crippen molar-refractivity contribution >= 4 is 17.9 Å². The lowest BCUT2D eigenvalue weighted by Crippen LogP contribution is -2.58. The van der Waals surface area contributed by atoms with Crippen LogP contribution >= 0.6 is 0 Å². The maximum absolute atomic E-state index is 14.9. The van der Waals surface area contributed by atoms with Crippen molar-refractivity contribution in [3.8, 4) is 0 Å². The molecule has 3 aliphatic carbocycles. The molecular formula is C48H76NO12+. The molecule has 0 amide bonds. The first-order valence-electron chi connectivity index (χ1n) is 23.3. The Hall–Kier alpha value is -2.65. The minimum Gasteiger partial charge on any atom is -0.458 e. The third-order valence-electron chi connectivity index (χ3n) is 14.7. The van der Waals surface area contributed by atoms with Crippen LogP contribution in [0.1, 0.15) is 106 Å². The van der Waals surface area contributed by atoms with E-state index >= 15 is 0 Å². The Morgan fingerprint density at radius 3 is 2.44 bits per heavy atom. The van der Waals surface area contributed by atoms with Crippen molar-refractivity contribution in [3.05, 3.63) is 36.0 Å². The molecule has 1 N–H and O–H groups in total. The summed E-state index contributed by atoms with van der Waals surface area (Å²) in [4.78, 5) is 40.8. The highest BCUT2D eigenvalue weighted by Crippen LogP contribution is 2.54. The van der Waals surface area contributed by atoms with E-state index in [2.05, 4.69) is 32.1 Å². The molecule has 0 aromatic heterocycles. The van der Waals surface area contributed by atoms with Gasteiger partial charge < -0.3 is 43.0 Å². The number of aliphatic hydroxyl groups is 1. The molecule has 0 spiro atoms. The minimum absolute atomic E-state index is 0.0161. The van der Waals surface area contributed by atoms with Crippen LogP contribution in [0.5, 0.6) is 0 Å². The number of rotatable bonds is 12. The van der Waals surface area contributed by atoms with Crippen LogP contribution in [0.15, 0.2) is 36.0 Å². The van der Waals surface area contributed by atoms with Crippen LogP contribution < -0.4 is 0 Å². The molecule has 344 valence electrons. The minimum atomic E-state index is -0.682. The Bertz CT molecular complexity index is 1590. The van der Waals surface area contributed by atoms with Crippen LogP contribution in [-0.2, 0) is 47.5 Å². The van der Waals surface area contributed by atoms with Crippen molar-refractivity contribution in [2.24, 2.45) is 47.3 Å². The molecule has 0 radical (unpaired) electrons. The predicted molar refractivity (Wildman–Crippen MR) is 228 cm³/mol. The van der Waals surface area contributed by atoms with Gasteiger partial charge in [0.05, 0.1) is 63.6 Å². The van der Waals surface area contributed by atoms with Crippen molar-refractivity contribution < 1.29 is 61.9 Å². The van der Waals surface area contributed by atoms with Gasteiger partial charge in [-0.05, 0) is 102 Å².